The SMILES string of the molecule is Cl.O=C(CS(=O)(=O)c1ccccc1)N(CCN1CCOCC1)c1nc2c(F)cccc2s1. The molecule has 2 aromatic carbocycles. The molecule has 7 nitrogen and oxygen atoms in total. The number of ether oxygens (including phenoxy) is 1. The zero-order valence-electron chi connectivity index (χ0n) is 17.1. The quantitative estimate of drug-likeness (QED) is 0.497. The average molecular weight is 500 g/mol. The Morgan fingerprint density at radius 3 is 2.53 bits per heavy atom. The lowest BCUT2D eigenvalue weighted by Gasteiger charge is -2.29. The number of fused-ring (bicyclic) bond motifs is 1. The molecule has 1 aromatic heterocycles. The van der Waals surface area contributed by atoms with Crippen LogP contribution >= 0.6 is 23.7 Å². The van der Waals surface area contributed by atoms with Crippen LogP contribution in [0.1, 0.15) is 0 Å². The van der Waals surface area contributed by atoms with Gasteiger partial charge >= 0.3 is 0 Å². The minimum Gasteiger partial charge on any atom is -0.379 e. The van der Waals surface area contributed by atoms with Crippen LogP contribution in [0.15, 0.2) is 53.4 Å². The van der Waals surface area contributed by atoms with Gasteiger partial charge in [-0.3, -0.25) is 14.6 Å². The van der Waals surface area contributed by atoms with Gasteiger partial charge in [0.15, 0.2) is 15.0 Å². The maximum Gasteiger partial charge on any atom is 0.244 e. The molecule has 1 aliphatic rings. The number of thiazole rings is 1. The summed E-state index contributed by atoms with van der Waals surface area (Å²) >= 11 is 1.17. The minimum atomic E-state index is -3.82. The Bertz CT molecular complexity index is 1170. The molecule has 11 heteroatoms. The fraction of sp³-hybridized carbons (Fsp3) is 0.333. The normalized spacial score (nSPS) is 14.8. The van der Waals surface area contributed by atoms with Crippen LogP contribution in [0.5, 0.6) is 0 Å². The van der Waals surface area contributed by atoms with Gasteiger partial charge in [0.2, 0.25) is 5.91 Å². The molecule has 4 rings (SSSR count). The van der Waals surface area contributed by atoms with E-state index in [2.05, 4.69) is 9.88 Å². The number of nitrogens with zero attached hydrogens (tertiary/aromatic N) is 3. The van der Waals surface area contributed by atoms with Crippen LogP contribution in [-0.4, -0.2) is 69.4 Å². The van der Waals surface area contributed by atoms with Crippen molar-refractivity contribution in [3.63, 3.8) is 0 Å². The molecule has 1 amide bonds. The fourth-order valence-corrected chi connectivity index (χ4v) is 5.61. The summed E-state index contributed by atoms with van der Waals surface area (Å²) < 4.78 is 45.6. The number of carbonyl (C=O) groups excluding carboxylic acids is 1. The van der Waals surface area contributed by atoms with E-state index in [1.807, 2.05) is 0 Å². The van der Waals surface area contributed by atoms with Crippen molar-refractivity contribution in [1.29, 1.82) is 0 Å². The van der Waals surface area contributed by atoms with Crippen LogP contribution in [0.3, 0.4) is 0 Å². The third-order valence-corrected chi connectivity index (χ3v) is 7.71. The lowest BCUT2D eigenvalue weighted by molar-refractivity contribution is -0.116. The van der Waals surface area contributed by atoms with Gasteiger partial charge in [-0.05, 0) is 24.3 Å². The first-order chi connectivity index (χ1) is 14.9. The van der Waals surface area contributed by atoms with Gasteiger partial charge in [-0.15, -0.1) is 12.4 Å². The third kappa shape index (κ3) is 5.62. The van der Waals surface area contributed by atoms with Gasteiger partial charge in [0.05, 0.1) is 22.8 Å². The van der Waals surface area contributed by atoms with Gasteiger partial charge in [0.25, 0.3) is 0 Å². The molecule has 1 saturated heterocycles. The Kier molecular flexibility index (Phi) is 8.18. The van der Waals surface area contributed by atoms with Crippen molar-refractivity contribution in [1.82, 2.24) is 9.88 Å². The summed E-state index contributed by atoms with van der Waals surface area (Å²) in [5, 5.41) is 0.293. The highest BCUT2D eigenvalue weighted by Gasteiger charge is 2.27. The number of para-hydroxylation sites is 1. The van der Waals surface area contributed by atoms with E-state index in [0.29, 0.717) is 29.6 Å². The lowest BCUT2D eigenvalue weighted by atomic mass is 10.3. The molecule has 0 unspecified atom stereocenters. The molecule has 0 radical (unpaired) electrons. The van der Waals surface area contributed by atoms with E-state index in [4.69, 9.17) is 4.74 Å². The Balaban J connectivity index is 0.00000289. The highest BCUT2D eigenvalue weighted by Crippen LogP contribution is 2.30. The molecule has 0 N–H and O–H groups in total. The number of aromatic nitrogens is 1. The van der Waals surface area contributed by atoms with Crippen molar-refractivity contribution in [2.45, 2.75) is 4.90 Å². The molecule has 172 valence electrons. The monoisotopic (exact) mass is 499 g/mol. The Hall–Kier alpha value is -2.11. The molecule has 1 fully saturated rings. The van der Waals surface area contributed by atoms with Crippen LogP contribution in [-0.2, 0) is 19.4 Å². The number of morpholine rings is 1. The Morgan fingerprint density at radius 1 is 1.12 bits per heavy atom. The molecular formula is C21H23ClFN3O4S2. The van der Waals surface area contributed by atoms with Gasteiger partial charge in [-0.25, -0.2) is 17.8 Å². The van der Waals surface area contributed by atoms with Crippen LogP contribution in [0, 0.1) is 5.82 Å². The molecular weight excluding hydrogens is 477 g/mol. The smallest absolute Gasteiger partial charge is 0.244 e. The van der Waals surface area contributed by atoms with E-state index in [9.17, 15) is 17.6 Å². The van der Waals surface area contributed by atoms with E-state index in [-0.39, 0.29) is 29.4 Å². The second kappa shape index (κ2) is 10.7. The average Bonchev–Trinajstić information content (AvgIpc) is 3.20. The molecule has 3 aromatic rings. The van der Waals surface area contributed by atoms with Crippen molar-refractivity contribution < 1.29 is 22.3 Å². The number of halogens is 2. The van der Waals surface area contributed by atoms with Crippen molar-refractivity contribution in [2.24, 2.45) is 0 Å². The van der Waals surface area contributed by atoms with E-state index < -0.39 is 27.3 Å². The number of carbonyl (C=O) groups is 1. The predicted molar refractivity (Wildman–Crippen MR) is 125 cm³/mol. The van der Waals surface area contributed by atoms with Gasteiger partial charge in [-0.1, -0.05) is 35.6 Å². The third-order valence-electron chi connectivity index (χ3n) is 5.05. The number of hydrogen-bond donors (Lipinski definition) is 0. The second-order valence-electron chi connectivity index (χ2n) is 7.15. The molecule has 0 atom stereocenters. The highest BCUT2D eigenvalue weighted by molar-refractivity contribution is 7.92. The Labute approximate surface area is 196 Å². The zero-order chi connectivity index (χ0) is 21.8. The van der Waals surface area contributed by atoms with Crippen molar-refractivity contribution in [2.75, 3.05) is 50.0 Å². The lowest BCUT2D eigenvalue weighted by Crippen LogP contribution is -2.44. The highest BCUT2D eigenvalue weighted by atomic mass is 35.5. The number of rotatable bonds is 7. The maximum atomic E-state index is 14.2. The molecule has 32 heavy (non-hydrogen) atoms. The summed E-state index contributed by atoms with van der Waals surface area (Å²) in [6.07, 6.45) is 0. The summed E-state index contributed by atoms with van der Waals surface area (Å²) in [7, 11) is -3.82. The van der Waals surface area contributed by atoms with Crippen molar-refractivity contribution >= 4 is 54.8 Å². The summed E-state index contributed by atoms with van der Waals surface area (Å²) in [5.41, 5.74) is 0.178. The standard InChI is InChI=1S/C21H22FN3O4S2.ClH/c22-17-7-4-8-18-20(17)23-21(30-18)25(10-9-24-11-13-29-14-12-24)19(26)15-31(27,28)16-5-2-1-3-6-16;/h1-8H,9-15H2;1H. The van der Waals surface area contributed by atoms with Gasteiger partial charge in [0, 0.05) is 26.2 Å². The summed E-state index contributed by atoms with van der Waals surface area (Å²) in [5.74, 6) is -1.74. The summed E-state index contributed by atoms with van der Waals surface area (Å²) in [6, 6.07) is 12.5. The molecule has 0 saturated carbocycles. The number of sulfone groups is 1. The minimum absolute atomic E-state index is 0. The van der Waals surface area contributed by atoms with Gasteiger partial charge in [0.1, 0.15) is 17.1 Å². The van der Waals surface area contributed by atoms with Crippen molar-refractivity contribution in [3.8, 4) is 0 Å². The number of amides is 1. The molecule has 1 aliphatic heterocycles. The van der Waals surface area contributed by atoms with Crippen LogP contribution in [0.25, 0.3) is 10.2 Å². The topological polar surface area (TPSA) is 79.8 Å². The molecule has 0 aliphatic carbocycles. The van der Waals surface area contributed by atoms with E-state index in [1.165, 1.54) is 34.4 Å². The van der Waals surface area contributed by atoms with Gasteiger partial charge < -0.3 is 4.74 Å². The van der Waals surface area contributed by atoms with Gasteiger partial charge in [-0.2, -0.15) is 0 Å². The Morgan fingerprint density at radius 2 is 1.84 bits per heavy atom. The largest absolute Gasteiger partial charge is 0.379 e. The second-order valence-corrected chi connectivity index (χ2v) is 10.2. The summed E-state index contributed by atoms with van der Waals surface area (Å²) in [6.45, 7) is 3.49. The number of benzene rings is 2. The number of hydrogen-bond acceptors (Lipinski definition) is 7. The fourth-order valence-electron chi connectivity index (χ4n) is 3.36. The zero-order valence-corrected chi connectivity index (χ0v) is 19.6. The van der Waals surface area contributed by atoms with E-state index >= 15 is 0 Å². The predicted octanol–water partition coefficient (Wildman–Crippen LogP) is 3.00. The van der Waals surface area contributed by atoms with E-state index in [0.717, 1.165) is 13.1 Å². The first-order valence-corrected chi connectivity index (χ1v) is 12.3. The number of anilines is 1. The van der Waals surface area contributed by atoms with E-state index in [1.54, 1.807) is 30.3 Å². The van der Waals surface area contributed by atoms with Crippen LogP contribution in [0.2, 0.25) is 0 Å². The molecule has 0 bridgehead atoms. The van der Waals surface area contributed by atoms with Crippen molar-refractivity contribution in [3.05, 3.63) is 54.3 Å². The first kappa shape index (κ1) is 24.5. The molecule has 2 heterocycles. The first-order valence-electron chi connectivity index (χ1n) is 9.87. The van der Waals surface area contributed by atoms with Crippen LogP contribution in [0.4, 0.5) is 9.52 Å². The summed E-state index contributed by atoms with van der Waals surface area (Å²) in [4.78, 5) is 21.0. The maximum absolute atomic E-state index is 14.2. The van der Waals surface area contributed by atoms with Crippen LogP contribution < -0.4 is 4.90 Å². The molecule has 0 spiro atoms.